The van der Waals surface area contributed by atoms with E-state index in [9.17, 15) is 26.3 Å². The van der Waals surface area contributed by atoms with Gasteiger partial charge in [0.1, 0.15) is 6.61 Å². The number of rotatable bonds is 12. The summed E-state index contributed by atoms with van der Waals surface area (Å²) in [7, 11) is 0. The number of ether oxygens (including phenoxy) is 3. The number of halogens is 6. The first-order valence-electron chi connectivity index (χ1n) is 7.92. The maximum atomic E-state index is 13.6. The molecule has 24 heavy (non-hydrogen) atoms. The summed E-state index contributed by atoms with van der Waals surface area (Å²) < 4.78 is 91.4. The molecular formula is C15H24F6O3. The number of unbranched alkanes of at least 4 members (excludes halogenated alkanes) is 1. The molecule has 0 amide bonds. The molecule has 0 radical (unpaired) electrons. The number of alkyl halides is 6. The Morgan fingerprint density at radius 2 is 1.71 bits per heavy atom. The molecule has 1 rings (SSSR count). The molecule has 1 atom stereocenters. The van der Waals surface area contributed by atoms with Crippen molar-refractivity contribution < 1.29 is 40.6 Å². The third kappa shape index (κ3) is 7.57. The third-order valence-corrected chi connectivity index (χ3v) is 3.75. The van der Waals surface area contributed by atoms with E-state index in [0.717, 1.165) is 0 Å². The minimum absolute atomic E-state index is 0.0626. The summed E-state index contributed by atoms with van der Waals surface area (Å²) in [5.74, 6) is -3.47. The third-order valence-electron chi connectivity index (χ3n) is 3.75. The highest BCUT2D eigenvalue weighted by molar-refractivity contribution is 4.86. The van der Waals surface area contributed by atoms with Crippen LogP contribution >= 0.6 is 0 Å². The van der Waals surface area contributed by atoms with Crippen molar-refractivity contribution in [1.29, 1.82) is 0 Å². The van der Waals surface area contributed by atoms with Gasteiger partial charge in [-0.2, -0.15) is 13.2 Å². The van der Waals surface area contributed by atoms with E-state index >= 15 is 0 Å². The van der Waals surface area contributed by atoms with Crippen molar-refractivity contribution in [2.75, 3.05) is 39.6 Å². The lowest BCUT2D eigenvalue weighted by Gasteiger charge is -2.40. The van der Waals surface area contributed by atoms with Crippen molar-refractivity contribution in [2.45, 2.75) is 50.9 Å². The van der Waals surface area contributed by atoms with Crippen LogP contribution in [0.3, 0.4) is 0 Å². The summed E-state index contributed by atoms with van der Waals surface area (Å²) in [5, 5.41) is 0. The molecule has 1 heterocycles. The molecule has 0 aliphatic carbocycles. The lowest BCUT2D eigenvalue weighted by molar-refractivity contribution is -0.216. The highest BCUT2D eigenvalue weighted by Gasteiger charge is 2.42. The first-order chi connectivity index (χ1) is 11.1. The molecule has 0 N–H and O–H groups in total. The molecule has 1 saturated heterocycles. The summed E-state index contributed by atoms with van der Waals surface area (Å²) >= 11 is 0. The minimum atomic E-state index is -4.43. The second-order valence-corrected chi connectivity index (χ2v) is 6.27. The average Bonchev–Trinajstić information content (AvgIpc) is 2.44. The Bertz CT molecular complexity index is 358. The van der Waals surface area contributed by atoms with Crippen LogP contribution in [0.5, 0.6) is 0 Å². The Morgan fingerprint density at radius 3 is 2.21 bits per heavy atom. The van der Waals surface area contributed by atoms with Crippen LogP contribution in [0, 0.1) is 5.41 Å². The van der Waals surface area contributed by atoms with Crippen LogP contribution in [0.1, 0.15) is 32.6 Å². The number of hydrogen-bond donors (Lipinski definition) is 0. The van der Waals surface area contributed by atoms with Gasteiger partial charge < -0.3 is 14.2 Å². The maximum absolute atomic E-state index is 13.6. The Kier molecular flexibility index (Phi) is 8.28. The van der Waals surface area contributed by atoms with E-state index in [4.69, 9.17) is 9.47 Å². The lowest BCUT2D eigenvalue weighted by Crippen LogP contribution is -2.50. The Hall–Kier alpha value is -0.540. The zero-order chi connectivity index (χ0) is 18.3. The monoisotopic (exact) mass is 366 g/mol. The summed E-state index contributed by atoms with van der Waals surface area (Å²) in [6, 6.07) is 0. The van der Waals surface area contributed by atoms with Crippen LogP contribution in [0.15, 0.2) is 0 Å². The predicted octanol–water partition coefficient (Wildman–Crippen LogP) is 4.15. The lowest BCUT2D eigenvalue weighted by atomic mass is 9.88. The van der Waals surface area contributed by atoms with Gasteiger partial charge in [0.25, 0.3) is 5.92 Å². The minimum Gasteiger partial charge on any atom is -0.380 e. The summed E-state index contributed by atoms with van der Waals surface area (Å²) in [5.41, 5.74) is -0.752. The van der Waals surface area contributed by atoms with Crippen LogP contribution in [-0.2, 0) is 14.2 Å². The average molecular weight is 366 g/mol. The second-order valence-electron chi connectivity index (χ2n) is 6.27. The SMILES string of the molecule is CCCCC(F)C(F)(F)CCOCC1(COCC(F)(F)F)COC1. The largest absolute Gasteiger partial charge is 0.411 e. The fourth-order valence-corrected chi connectivity index (χ4v) is 2.23. The molecule has 9 heteroatoms. The fourth-order valence-electron chi connectivity index (χ4n) is 2.23. The second kappa shape index (κ2) is 9.24. The van der Waals surface area contributed by atoms with Gasteiger partial charge in [0.05, 0.1) is 38.4 Å². The van der Waals surface area contributed by atoms with Gasteiger partial charge in [-0.15, -0.1) is 0 Å². The standard InChI is InChI=1S/C15H24F6O3/c1-2-3-4-12(16)14(17,18)5-6-22-7-13(8-23-9-13)10-24-11-15(19,20)21/h12H,2-11H2,1H3. The smallest absolute Gasteiger partial charge is 0.380 e. The quantitative estimate of drug-likeness (QED) is 0.384. The molecule has 1 unspecified atom stereocenters. The van der Waals surface area contributed by atoms with Crippen LogP contribution in [0.4, 0.5) is 26.3 Å². The summed E-state index contributed by atoms with van der Waals surface area (Å²) in [4.78, 5) is 0. The van der Waals surface area contributed by atoms with Gasteiger partial charge in [0.2, 0.25) is 0 Å². The van der Waals surface area contributed by atoms with Gasteiger partial charge in [-0.3, -0.25) is 0 Å². The van der Waals surface area contributed by atoms with Crippen molar-refractivity contribution in [3.05, 3.63) is 0 Å². The predicted molar refractivity (Wildman–Crippen MR) is 74.9 cm³/mol. The van der Waals surface area contributed by atoms with Gasteiger partial charge in [0.15, 0.2) is 6.17 Å². The first kappa shape index (κ1) is 21.5. The van der Waals surface area contributed by atoms with E-state index in [0.29, 0.717) is 12.8 Å². The van der Waals surface area contributed by atoms with E-state index in [2.05, 4.69) is 4.74 Å². The molecule has 1 aliphatic rings. The van der Waals surface area contributed by atoms with E-state index in [1.807, 2.05) is 0 Å². The highest BCUT2D eigenvalue weighted by Crippen LogP contribution is 2.31. The van der Waals surface area contributed by atoms with Crippen molar-refractivity contribution in [3.8, 4) is 0 Å². The Balaban J connectivity index is 2.26. The first-order valence-corrected chi connectivity index (χ1v) is 7.92. The summed E-state index contributed by atoms with van der Waals surface area (Å²) in [6.07, 6.45) is -6.59. The normalized spacial score (nSPS) is 19.1. The topological polar surface area (TPSA) is 27.7 Å². The van der Waals surface area contributed by atoms with Gasteiger partial charge in [-0.25, -0.2) is 13.2 Å². The van der Waals surface area contributed by atoms with Gasteiger partial charge >= 0.3 is 6.18 Å². The molecule has 1 aliphatic heterocycles. The number of hydrogen-bond acceptors (Lipinski definition) is 3. The van der Waals surface area contributed by atoms with Gasteiger partial charge in [-0.1, -0.05) is 19.8 Å². The zero-order valence-electron chi connectivity index (χ0n) is 13.6. The Morgan fingerprint density at radius 1 is 1.08 bits per heavy atom. The van der Waals surface area contributed by atoms with E-state index in [1.165, 1.54) is 0 Å². The van der Waals surface area contributed by atoms with Crippen molar-refractivity contribution in [2.24, 2.45) is 5.41 Å². The fraction of sp³-hybridized carbons (Fsp3) is 1.00. The van der Waals surface area contributed by atoms with Gasteiger partial charge in [0, 0.05) is 6.42 Å². The molecule has 0 aromatic carbocycles. The van der Waals surface area contributed by atoms with Crippen LogP contribution < -0.4 is 0 Å². The molecule has 0 bridgehead atoms. The van der Waals surface area contributed by atoms with Crippen LogP contribution in [0.25, 0.3) is 0 Å². The van der Waals surface area contributed by atoms with Crippen LogP contribution in [0.2, 0.25) is 0 Å². The molecule has 144 valence electrons. The van der Waals surface area contributed by atoms with Crippen molar-refractivity contribution in [1.82, 2.24) is 0 Å². The van der Waals surface area contributed by atoms with Gasteiger partial charge in [-0.05, 0) is 6.42 Å². The summed E-state index contributed by atoms with van der Waals surface area (Å²) in [6.45, 7) is 0.0221. The molecule has 1 fully saturated rings. The highest BCUT2D eigenvalue weighted by atomic mass is 19.4. The molecule has 0 aromatic heterocycles. The molecular weight excluding hydrogens is 342 g/mol. The van der Waals surface area contributed by atoms with E-state index in [1.54, 1.807) is 6.92 Å². The molecule has 0 aromatic rings. The maximum Gasteiger partial charge on any atom is 0.411 e. The van der Waals surface area contributed by atoms with Crippen molar-refractivity contribution >= 4 is 0 Å². The Labute approximate surface area is 137 Å². The van der Waals surface area contributed by atoms with E-state index < -0.39 is 36.7 Å². The molecule has 0 saturated carbocycles. The van der Waals surface area contributed by atoms with Crippen LogP contribution in [-0.4, -0.2) is 57.9 Å². The molecule has 3 nitrogen and oxygen atoms in total. The molecule has 0 spiro atoms. The van der Waals surface area contributed by atoms with E-state index in [-0.39, 0.29) is 39.5 Å². The zero-order valence-corrected chi connectivity index (χ0v) is 13.6. The van der Waals surface area contributed by atoms with Crippen molar-refractivity contribution in [3.63, 3.8) is 0 Å².